The van der Waals surface area contributed by atoms with Crippen molar-refractivity contribution in [1.29, 1.82) is 0 Å². The van der Waals surface area contributed by atoms with Crippen molar-refractivity contribution in [2.75, 3.05) is 6.61 Å². The summed E-state index contributed by atoms with van der Waals surface area (Å²) in [4.78, 5) is 33.9. The van der Waals surface area contributed by atoms with Gasteiger partial charge in [0, 0.05) is 0 Å². The van der Waals surface area contributed by atoms with E-state index in [0.29, 0.717) is 0 Å². The number of rotatable bonds is 2. The largest absolute Gasteiger partial charge is 0.504 e. The molecule has 1 saturated heterocycles. The van der Waals surface area contributed by atoms with Gasteiger partial charge >= 0.3 is 5.97 Å². The van der Waals surface area contributed by atoms with E-state index in [1.807, 2.05) is 0 Å². The fraction of sp³-hybridized carbons (Fsp3) is 0.182. The van der Waals surface area contributed by atoms with E-state index in [9.17, 15) is 23.9 Å². The highest BCUT2D eigenvalue weighted by Crippen LogP contribution is 2.25. The first-order valence-electron chi connectivity index (χ1n) is 4.75. The Hall–Kier alpha value is -2.24. The zero-order chi connectivity index (χ0) is 12.6. The Kier molecular flexibility index (Phi) is 2.63. The third-order valence-corrected chi connectivity index (χ3v) is 2.47. The lowest BCUT2D eigenvalue weighted by Crippen LogP contribution is -2.24. The molecule has 6 heteroatoms. The summed E-state index contributed by atoms with van der Waals surface area (Å²) in [7, 11) is 0. The van der Waals surface area contributed by atoms with E-state index in [4.69, 9.17) is 0 Å². The third kappa shape index (κ3) is 1.77. The first kappa shape index (κ1) is 11.3. The van der Waals surface area contributed by atoms with Crippen molar-refractivity contribution in [3.63, 3.8) is 0 Å². The van der Waals surface area contributed by atoms with Crippen LogP contribution in [0.15, 0.2) is 18.2 Å². The SMILES string of the molecule is O=C1OCC(C(=O)c2cccc(F)c2O)C1=O. The minimum Gasteiger partial charge on any atom is -0.504 e. The molecule has 0 radical (unpaired) electrons. The molecule has 0 aliphatic carbocycles. The first-order chi connectivity index (χ1) is 8.02. The summed E-state index contributed by atoms with van der Waals surface area (Å²) in [5.41, 5.74) is -0.332. The summed E-state index contributed by atoms with van der Waals surface area (Å²) < 4.78 is 17.4. The number of para-hydroxylation sites is 1. The number of ether oxygens (including phenoxy) is 1. The van der Waals surface area contributed by atoms with Gasteiger partial charge in [-0.05, 0) is 12.1 Å². The maximum Gasteiger partial charge on any atom is 0.375 e. The summed E-state index contributed by atoms with van der Waals surface area (Å²) in [5, 5.41) is 9.35. The maximum absolute atomic E-state index is 13.0. The molecule has 0 amide bonds. The van der Waals surface area contributed by atoms with Crippen molar-refractivity contribution in [3.05, 3.63) is 29.6 Å². The molecule has 1 aliphatic heterocycles. The summed E-state index contributed by atoms with van der Waals surface area (Å²) in [6, 6.07) is 3.38. The fourth-order valence-corrected chi connectivity index (χ4v) is 1.54. The maximum atomic E-state index is 13.0. The molecule has 17 heavy (non-hydrogen) atoms. The van der Waals surface area contributed by atoms with Crippen LogP contribution in [0.5, 0.6) is 5.75 Å². The van der Waals surface area contributed by atoms with E-state index in [2.05, 4.69) is 4.74 Å². The zero-order valence-corrected chi connectivity index (χ0v) is 8.47. The quantitative estimate of drug-likeness (QED) is 0.350. The molecule has 88 valence electrons. The van der Waals surface area contributed by atoms with Crippen molar-refractivity contribution >= 4 is 17.5 Å². The molecular formula is C11H7FO5. The average molecular weight is 238 g/mol. The van der Waals surface area contributed by atoms with Crippen molar-refractivity contribution in [1.82, 2.24) is 0 Å². The van der Waals surface area contributed by atoms with Gasteiger partial charge in [0.05, 0.1) is 5.56 Å². The topological polar surface area (TPSA) is 80.7 Å². The highest BCUT2D eigenvalue weighted by Gasteiger charge is 2.41. The fourth-order valence-electron chi connectivity index (χ4n) is 1.54. The molecule has 1 unspecified atom stereocenters. The molecule has 1 aromatic rings. The molecule has 0 spiro atoms. The predicted octanol–water partition coefficient (Wildman–Crippen LogP) is 0.456. The van der Waals surface area contributed by atoms with Crippen LogP contribution in [0.4, 0.5) is 4.39 Å². The van der Waals surface area contributed by atoms with Crippen LogP contribution in [0.3, 0.4) is 0 Å². The Bertz CT molecular complexity index is 523. The molecule has 2 rings (SSSR count). The predicted molar refractivity (Wildman–Crippen MR) is 51.9 cm³/mol. The Morgan fingerprint density at radius 1 is 1.41 bits per heavy atom. The average Bonchev–Trinajstić information content (AvgIpc) is 2.63. The van der Waals surface area contributed by atoms with Crippen molar-refractivity contribution < 1.29 is 28.6 Å². The number of hydrogen-bond acceptors (Lipinski definition) is 5. The number of carbonyl (C=O) groups is 3. The molecule has 0 bridgehead atoms. The van der Waals surface area contributed by atoms with E-state index in [1.54, 1.807) is 0 Å². The number of phenolic OH excluding ortho intramolecular Hbond substituents is 1. The number of halogens is 1. The number of phenols is 1. The number of carbonyl (C=O) groups excluding carboxylic acids is 3. The van der Waals surface area contributed by atoms with Gasteiger partial charge in [0.1, 0.15) is 12.5 Å². The number of cyclic esters (lactones) is 1. The lowest BCUT2D eigenvalue weighted by atomic mass is 9.95. The summed E-state index contributed by atoms with van der Waals surface area (Å²) in [6.45, 7) is -0.369. The normalized spacial score (nSPS) is 19.2. The minimum atomic E-state index is -1.30. The van der Waals surface area contributed by atoms with Crippen LogP contribution >= 0.6 is 0 Å². The van der Waals surface area contributed by atoms with Crippen LogP contribution in [0.25, 0.3) is 0 Å². The second-order valence-electron chi connectivity index (χ2n) is 3.52. The first-order valence-corrected chi connectivity index (χ1v) is 4.75. The molecule has 5 nitrogen and oxygen atoms in total. The van der Waals surface area contributed by atoms with Gasteiger partial charge in [0.2, 0.25) is 0 Å². The van der Waals surface area contributed by atoms with E-state index in [0.717, 1.165) is 6.07 Å². The molecular weight excluding hydrogens is 231 g/mol. The van der Waals surface area contributed by atoms with Crippen molar-refractivity contribution in [2.45, 2.75) is 0 Å². The van der Waals surface area contributed by atoms with Gasteiger partial charge in [-0.25, -0.2) is 9.18 Å². The van der Waals surface area contributed by atoms with Gasteiger partial charge in [0.25, 0.3) is 5.78 Å². The van der Waals surface area contributed by atoms with Gasteiger partial charge in [-0.1, -0.05) is 6.07 Å². The zero-order valence-electron chi connectivity index (χ0n) is 8.47. The Morgan fingerprint density at radius 3 is 2.71 bits per heavy atom. The number of ketones is 2. The van der Waals surface area contributed by atoms with Crippen LogP contribution in [0, 0.1) is 11.7 Å². The Balaban J connectivity index is 2.35. The van der Waals surface area contributed by atoms with E-state index >= 15 is 0 Å². The van der Waals surface area contributed by atoms with Crippen molar-refractivity contribution in [3.8, 4) is 5.75 Å². The second-order valence-corrected chi connectivity index (χ2v) is 3.52. The number of aromatic hydroxyl groups is 1. The van der Waals surface area contributed by atoms with Crippen LogP contribution in [0.2, 0.25) is 0 Å². The Morgan fingerprint density at radius 2 is 2.12 bits per heavy atom. The molecule has 1 aliphatic rings. The number of esters is 1. The van der Waals surface area contributed by atoms with E-state index in [-0.39, 0.29) is 12.2 Å². The minimum absolute atomic E-state index is 0.332. The molecule has 0 aromatic heterocycles. The van der Waals surface area contributed by atoms with Gasteiger partial charge < -0.3 is 9.84 Å². The molecule has 1 fully saturated rings. The van der Waals surface area contributed by atoms with E-state index < -0.39 is 35.0 Å². The van der Waals surface area contributed by atoms with E-state index in [1.165, 1.54) is 12.1 Å². The molecule has 1 N–H and O–H groups in total. The highest BCUT2D eigenvalue weighted by molar-refractivity contribution is 6.41. The molecule has 0 saturated carbocycles. The van der Waals surface area contributed by atoms with Crippen LogP contribution < -0.4 is 0 Å². The lowest BCUT2D eigenvalue weighted by Gasteiger charge is -2.06. The molecule has 1 atom stereocenters. The number of benzene rings is 1. The molecule has 1 aromatic carbocycles. The third-order valence-electron chi connectivity index (χ3n) is 2.47. The standard InChI is InChI=1S/C11H7FO5/c12-7-3-1-2-5(9(7)14)8(13)6-4-17-11(16)10(6)15/h1-3,6,14H,4H2. The number of Topliss-reactive ketones (excluding diaryl/α,β-unsaturated/α-hetero) is 2. The lowest BCUT2D eigenvalue weighted by molar-refractivity contribution is -0.147. The van der Waals surface area contributed by atoms with Gasteiger partial charge in [-0.3, -0.25) is 9.59 Å². The number of hydrogen-bond donors (Lipinski definition) is 1. The summed E-state index contributed by atoms with van der Waals surface area (Å²) >= 11 is 0. The van der Waals surface area contributed by atoms with Gasteiger partial charge in [0.15, 0.2) is 17.3 Å². The second kappa shape index (κ2) is 3.97. The van der Waals surface area contributed by atoms with Gasteiger partial charge in [-0.15, -0.1) is 0 Å². The Labute approximate surface area is 94.8 Å². The molecule has 1 heterocycles. The van der Waals surface area contributed by atoms with Gasteiger partial charge in [-0.2, -0.15) is 0 Å². The smallest absolute Gasteiger partial charge is 0.375 e. The van der Waals surface area contributed by atoms with Crippen LogP contribution in [-0.4, -0.2) is 29.2 Å². The highest BCUT2D eigenvalue weighted by atomic mass is 19.1. The van der Waals surface area contributed by atoms with Crippen molar-refractivity contribution in [2.24, 2.45) is 5.92 Å². The van der Waals surface area contributed by atoms with Crippen LogP contribution in [0.1, 0.15) is 10.4 Å². The van der Waals surface area contributed by atoms with Crippen LogP contribution in [-0.2, 0) is 14.3 Å². The summed E-state index contributed by atoms with van der Waals surface area (Å²) in [6.07, 6.45) is 0. The summed E-state index contributed by atoms with van der Waals surface area (Å²) in [5.74, 6) is -5.97. The monoisotopic (exact) mass is 238 g/mol.